The molecule has 1 N–H and O–H groups in total. The van der Waals surface area contributed by atoms with Crippen molar-refractivity contribution in [2.24, 2.45) is 0 Å². The molecule has 0 fully saturated rings. The number of benzene rings is 2. The van der Waals surface area contributed by atoms with Gasteiger partial charge in [-0.2, -0.15) is 0 Å². The lowest BCUT2D eigenvalue weighted by molar-refractivity contribution is 1.08. The van der Waals surface area contributed by atoms with Crippen LogP contribution in [0.2, 0.25) is 0 Å². The number of fused-ring (bicyclic) bond motifs is 4. The molecule has 5 aromatic rings. The fraction of sp³-hybridized carbons (Fsp3) is 0. The van der Waals surface area contributed by atoms with Crippen LogP contribution in [0, 0.1) is 0 Å². The van der Waals surface area contributed by atoms with Crippen LogP contribution >= 0.6 is 0 Å². The van der Waals surface area contributed by atoms with Crippen LogP contribution < -0.4 is 11.0 Å². The zero-order chi connectivity index (χ0) is 16.3. The molecule has 0 saturated heterocycles. The summed E-state index contributed by atoms with van der Waals surface area (Å²) in [6.45, 7) is 0. The summed E-state index contributed by atoms with van der Waals surface area (Å²) in [5, 5.41) is 1.65. The van der Waals surface area contributed by atoms with Gasteiger partial charge in [0.1, 0.15) is 5.65 Å². The van der Waals surface area contributed by atoms with E-state index < -0.39 is 0 Å². The smallest absolute Gasteiger partial charge is 0.265 e. The van der Waals surface area contributed by atoms with Gasteiger partial charge in [-0.25, -0.2) is 4.98 Å². The average molecular weight is 313 g/mol. The molecule has 0 bridgehead atoms. The van der Waals surface area contributed by atoms with E-state index in [9.17, 15) is 9.59 Å². The second kappa shape index (κ2) is 4.52. The highest BCUT2D eigenvalue weighted by atomic mass is 16.1. The summed E-state index contributed by atoms with van der Waals surface area (Å²) in [5.41, 5.74) is 2.28. The highest BCUT2D eigenvalue weighted by Gasteiger charge is 2.10. The normalized spacial score (nSPS) is 11.7. The number of aromatic amines is 1. The van der Waals surface area contributed by atoms with Gasteiger partial charge in [-0.3, -0.25) is 14.0 Å². The number of pyridine rings is 2. The van der Waals surface area contributed by atoms with Gasteiger partial charge in [-0.1, -0.05) is 18.2 Å². The lowest BCUT2D eigenvalue weighted by atomic mass is 10.1. The van der Waals surface area contributed by atoms with Crippen molar-refractivity contribution in [3.63, 3.8) is 0 Å². The second-order valence-corrected chi connectivity index (χ2v) is 5.76. The molecule has 0 saturated carbocycles. The summed E-state index contributed by atoms with van der Waals surface area (Å²) in [5.74, 6) is 0. The van der Waals surface area contributed by atoms with Crippen molar-refractivity contribution in [2.75, 3.05) is 0 Å². The van der Waals surface area contributed by atoms with E-state index in [0.717, 1.165) is 5.52 Å². The highest BCUT2D eigenvalue weighted by Crippen LogP contribution is 2.19. The molecule has 0 aliphatic carbocycles. The monoisotopic (exact) mass is 313 g/mol. The largest absolute Gasteiger partial charge is 0.354 e. The van der Waals surface area contributed by atoms with Crippen LogP contribution in [0.1, 0.15) is 0 Å². The summed E-state index contributed by atoms with van der Waals surface area (Å²) in [4.78, 5) is 33.2. The number of rotatable bonds is 0. The van der Waals surface area contributed by atoms with Gasteiger partial charge in [0, 0.05) is 22.5 Å². The first-order chi connectivity index (χ1) is 11.7. The first-order valence-electron chi connectivity index (χ1n) is 7.58. The van der Waals surface area contributed by atoms with Crippen molar-refractivity contribution in [1.29, 1.82) is 0 Å². The Morgan fingerprint density at radius 1 is 0.833 bits per heavy atom. The molecule has 5 heteroatoms. The predicted octanol–water partition coefficient (Wildman–Crippen LogP) is 2.84. The lowest BCUT2D eigenvalue weighted by Gasteiger charge is -2.06. The topological polar surface area (TPSA) is 67.2 Å². The molecule has 0 spiro atoms. The maximum Gasteiger partial charge on any atom is 0.265 e. The van der Waals surface area contributed by atoms with Crippen LogP contribution in [0.25, 0.3) is 38.4 Å². The fourth-order valence-corrected chi connectivity index (χ4v) is 3.17. The number of nitrogens with zero attached hydrogens (tertiary/aromatic N) is 2. The molecule has 0 amide bonds. The van der Waals surface area contributed by atoms with Crippen LogP contribution in [-0.4, -0.2) is 14.4 Å². The van der Waals surface area contributed by atoms with Crippen molar-refractivity contribution < 1.29 is 0 Å². The van der Waals surface area contributed by atoms with Crippen LogP contribution in [-0.2, 0) is 0 Å². The molecular weight excluding hydrogens is 302 g/mol. The number of aromatic nitrogens is 3. The zero-order valence-electron chi connectivity index (χ0n) is 12.5. The van der Waals surface area contributed by atoms with Crippen LogP contribution in [0.3, 0.4) is 0 Å². The fourth-order valence-electron chi connectivity index (χ4n) is 3.17. The van der Waals surface area contributed by atoms with E-state index in [-0.39, 0.29) is 11.0 Å². The van der Waals surface area contributed by atoms with E-state index in [1.54, 1.807) is 36.5 Å². The van der Waals surface area contributed by atoms with Crippen LogP contribution in [0.5, 0.6) is 0 Å². The van der Waals surface area contributed by atoms with Gasteiger partial charge in [0.2, 0.25) is 0 Å². The SMILES string of the molecule is O=c1c2ccccc2[nH]c2cc3c(=O)n4ccccc4nc3cc12. The van der Waals surface area contributed by atoms with Gasteiger partial charge in [-0.15, -0.1) is 0 Å². The summed E-state index contributed by atoms with van der Waals surface area (Å²) < 4.78 is 1.51. The third-order valence-corrected chi connectivity index (χ3v) is 4.34. The minimum absolute atomic E-state index is 0.0590. The first-order valence-corrected chi connectivity index (χ1v) is 7.58. The first kappa shape index (κ1) is 13.0. The molecule has 3 heterocycles. The summed E-state index contributed by atoms with van der Waals surface area (Å²) >= 11 is 0. The molecule has 2 aromatic carbocycles. The molecule has 114 valence electrons. The highest BCUT2D eigenvalue weighted by molar-refractivity contribution is 5.99. The molecule has 24 heavy (non-hydrogen) atoms. The Morgan fingerprint density at radius 3 is 2.58 bits per heavy atom. The Balaban J connectivity index is 2.05. The van der Waals surface area contributed by atoms with Gasteiger partial charge in [0.25, 0.3) is 5.56 Å². The Hall–Kier alpha value is -3.47. The molecule has 0 radical (unpaired) electrons. The number of H-pyrrole nitrogens is 1. The summed E-state index contributed by atoms with van der Waals surface area (Å²) in [7, 11) is 0. The van der Waals surface area contributed by atoms with Gasteiger partial charge >= 0.3 is 0 Å². The van der Waals surface area contributed by atoms with Crippen molar-refractivity contribution in [3.05, 3.63) is 81.4 Å². The van der Waals surface area contributed by atoms with Gasteiger partial charge in [0.15, 0.2) is 5.43 Å². The second-order valence-electron chi connectivity index (χ2n) is 5.76. The van der Waals surface area contributed by atoms with Crippen molar-refractivity contribution >= 4 is 38.4 Å². The molecule has 0 unspecified atom stereocenters. The molecule has 5 nitrogen and oxygen atoms in total. The van der Waals surface area contributed by atoms with Crippen molar-refractivity contribution in [3.8, 4) is 0 Å². The van der Waals surface area contributed by atoms with Gasteiger partial charge < -0.3 is 4.98 Å². The molecule has 0 aliphatic heterocycles. The molecule has 0 atom stereocenters. The summed E-state index contributed by atoms with van der Waals surface area (Å²) in [6, 6.07) is 16.2. The summed E-state index contributed by atoms with van der Waals surface area (Å²) in [6.07, 6.45) is 1.69. The molecule has 3 aromatic heterocycles. The maximum absolute atomic E-state index is 12.7. The maximum atomic E-state index is 12.7. The minimum Gasteiger partial charge on any atom is -0.354 e. The number of hydrogen-bond acceptors (Lipinski definition) is 3. The van der Waals surface area contributed by atoms with E-state index >= 15 is 0 Å². The standard InChI is InChI=1S/C19H11N3O2/c23-18-11-5-1-2-6-14(11)20-15-10-13-16(9-12(15)18)21-17-7-3-4-8-22(17)19(13)24/h1-10H,(H,20,23). The lowest BCUT2D eigenvalue weighted by Crippen LogP contribution is -2.15. The quantitative estimate of drug-likeness (QED) is 0.447. The van der Waals surface area contributed by atoms with E-state index in [4.69, 9.17) is 0 Å². The number of hydrogen-bond donors (Lipinski definition) is 1. The molecule has 5 rings (SSSR count). The number of nitrogens with one attached hydrogen (secondary N) is 1. The Kier molecular flexibility index (Phi) is 2.45. The minimum atomic E-state index is -0.147. The third-order valence-electron chi connectivity index (χ3n) is 4.34. The Labute approximate surface area is 134 Å². The third kappa shape index (κ3) is 1.66. The predicted molar refractivity (Wildman–Crippen MR) is 94.6 cm³/mol. The average Bonchev–Trinajstić information content (AvgIpc) is 2.62. The Bertz CT molecular complexity index is 1290. The van der Waals surface area contributed by atoms with Crippen molar-refractivity contribution in [2.45, 2.75) is 0 Å². The van der Waals surface area contributed by atoms with E-state index in [1.165, 1.54) is 4.40 Å². The van der Waals surface area contributed by atoms with Gasteiger partial charge in [-0.05, 0) is 36.4 Å². The van der Waals surface area contributed by atoms with Gasteiger partial charge in [0.05, 0.1) is 16.4 Å². The van der Waals surface area contributed by atoms with Crippen LogP contribution in [0.4, 0.5) is 0 Å². The zero-order valence-corrected chi connectivity index (χ0v) is 12.5. The van der Waals surface area contributed by atoms with Crippen molar-refractivity contribution in [1.82, 2.24) is 14.4 Å². The molecular formula is C19H11N3O2. The molecule has 0 aliphatic rings. The number of para-hydroxylation sites is 1. The van der Waals surface area contributed by atoms with E-state index in [2.05, 4.69) is 9.97 Å². The Morgan fingerprint density at radius 2 is 1.67 bits per heavy atom. The van der Waals surface area contributed by atoms with E-state index in [0.29, 0.717) is 32.8 Å². The van der Waals surface area contributed by atoms with E-state index in [1.807, 2.05) is 24.3 Å². The van der Waals surface area contributed by atoms with Crippen LogP contribution in [0.15, 0.2) is 70.4 Å².